The molecule has 3 amide bonds. The summed E-state index contributed by atoms with van der Waals surface area (Å²) in [5, 5.41) is 7.55. The highest BCUT2D eigenvalue weighted by Gasteiger charge is 2.28. The highest BCUT2D eigenvalue weighted by atomic mass is 35.5. The normalized spacial score (nSPS) is 12.9. The Labute approximate surface area is 152 Å². The second-order valence-electron chi connectivity index (χ2n) is 5.77. The molecule has 0 aliphatic carbocycles. The van der Waals surface area contributed by atoms with E-state index in [-0.39, 0.29) is 11.9 Å². The van der Waals surface area contributed by atoms with Crippen molar-refractivity contribution in [1.82, 2.24) is 10.6 Å². The second kappa shape index (κ2) is 9.20. The zero-order chi connectivity index (χ0) is 18.2. The fourth-order valence-corrected chi connectivity index (χ4v) is 2.79. The molecule has 6 heteroatoms. The molecule has 5 nitrogen and oxygen atoms in total. The lowest BCUT2D eigenvalue weighted by atomic mass is 10.0. The van der Waals surface area contributed by atoms with Gasteiger partial charge in [0.05, 0.1) is 0 Å². The first-order chi connectivity index (χ1) is 12.0. The van der Waals surface area contributed by atoms with Gasteiger partial charge in [0.25, 0.3) is 5.91 Å². The maximum atomic E-state index is 12.6. The van der Waals surface area contributed by atoms with Crippen molar-refractivity contribution in [3.8, 4) is 0 Å². The molecular weight excluding hydrogens is 338 g/mol. The first kappa shape index (κ1) is 19.0. The fraction of sp³-hybridized carbons (Fsp3) is 0.263. The van der Waals surface area contributed by atoms with Crippen molar-refractivity contribution < 1.29 is 14.9 Å². The van der Waals surface area contributed by atoms with Gasteiger partial charge < -0.3 is 10.6 Å². The summed E-state index contributed by atoms with van der Waals surface area (Å²) in [5.41, 5.74) is 1.84. The molecule has 0 aliphatic heterocycles. The first-order valence-electron chi connectivity index (χ1n) is 8.25. The summed E-state index contributed by atoms with van der Waals surface area (Å²) in [5.74, 6) is -0.356. The third kappa shape index (κ3) is 5.59. The standard InChI is InChI=1S/C19H22ClN3O2/c1-3-21-19(25)23-18(24)17(14-8-5-4-6-9-14)22-13(2)15-10-7-11-16(20)12-15/h4-13,17,22H,3H2,1-2H3,(H2,21,23,24,25)/p+1/t13-,17-/m1/s1. The molecule has 4 N–H and O–H groups in total. The molecule has 0 radical (unpaired) electrons. The number of nitrogens with one attached hydrogen (secondary N) is 2. The molecule has 0 fully saturated rings. The molecule has 2 aromatic carbocycles. The van der Waals surface area contributed by atoms with E-state index in [2.05, 4.69) is 10.6 Å². The maximum Gasteiger partial charge on any atom is 0.321 e. The van der Waals surface area contributed by atoms with Crippen LogP contribution in [0.25, 0.3) is 0 Å². The van der Waals surface area contributed by atoms with Crippen molar-refractivity contribution in [1.29, 1.82) is 0 Å². The van der Waals surface area contributed by atoms with Crippen LogP contribution in [0.1, 0.15) is 37.1 Å². The fourth-order valence-electron chi connectivity index (χ4n) is 2.59. The largest absolute Gasteiger partial charge is 0.338 e. The van der Waals surface area contributed by atoms with Gasteiger partial charge in [-0.2, -0.15) is 0 Å². The number of carbonyl (C=O) groups is 2. The zero-order valence-corrected chi connectivity index (χ0v) is 15.1. The van der Waals surface area contributed by atoms with E-state index < -0.39 is 12.1 Å². The smallest absolute Gasteiger partial charge is 0.321 e. The SMILES string of the molecule is CCNC(=O)NC(=O)[C@H]([NH2+][C@H](C)c1cccc(Cl)c1)c1ccccc1. The van der Waals surface area contributed by atoms with Crippen LogP contribution >= 0.6 is 11.6 Å². The number of benzene rings is 2. The van der Waals surface area contributed by atoms with Gasteiger partial charge in [0.1, 0.15) is 6.04 Å². The van der Waals surface area contributed by atoms with Crippen LogP contribution < -0.4 is 16.0 Å². The van der Waals surface area contributed by atoms with Crippen molar-refractivity contribution in [2.45, 2.75) is 25.9 Å². The van der Waals surface area contributed by atoms with Gasteiger partial charge in [0, 0.05) is 22.7 Å². The Kier molecular flexibility index (Phi) is 6.98. The van der Waals surface area contributed by atoms with Gasteiger partial charge >= 0.3 is 6.03 Å². The number of carbonyl (C=O) groups excluding carboxylic acids is 2. The number of hydrogen-bond donors (Lipinski definition) is 3. The van der Waals surface area contributed by atoms with Crippen LogP contribution in [0.3, 0.4) is 0 Å². The van der Waals surface area contributed by atoms with E-state index in [1.54, 1.807) is 6.92 Å². The Morgan fingerprint density at radius 2 is 1.76 bits per heavy atom. The number of imide groups is 1. The first-order valence-corrected chi connectivity index (χ1v) is 8.63. The van der Waals surface area contributed by atoms with Gasteiger partial charge in [-0.15, -0.1) is 0 Å². The van der Waals surface area contributed by atoms with Gasteiger partial charge in [-0.05, 0) is 26.0 Å². The van der Waals surface area contributed by atoms with Crippen LogP contribution in [0.5, 0.6) is 0 Å². The van der Waals surface area contributed by atoms with Gasteiger partial charge in [0.2, 0.25) is 0 Å². The molecule has 0 bridgehead atoms. The van der Waals surface area contributed by atoms with E-state index >= 15 is 0 Å². The summed E-state index contributed by atoms with van der Waals surface area (Å²) in [6.07, 6.45) is 0. The minimum absolute atomic E-state index is 0.0103. The summed E-state index contributed by atoms with van der Waals surface area (Å²) in [6, 6.07) is 15.9. The summed E-state index contributed by atoms with van der Waals surface area (Å²) in [6.45, 7) is 4.25. The van der Waals surface area contributed by atoms with Crippen molar-refractivity contribution in [2.75, 3.05) is 6.54 Å². The van der Waals surface area contributed by atoms with Crippen LogP contribution in [0.15, 0.2) is 54.6 Å². The predicted molar refractivity (Wildman–Crippen MR) is 98.2 cm³/mol. The van der Waals surface area contributed by atoms with E-state index in [0.29, 0.717) is 11.6 Å². The maximum absolute atomic E-state index is 12.6. The molecule has 0 unspecified atom stereocenters. The van der Waals surface area contributed by atoms with E-state index in [0.717, 1.165) is 11.1 Å². The molecule has 0 aliphatic rings. The molecule has 0 heterocycles. The van der Waals surface area contributed by atoms with Gasteiger partial charge in [-0.1, -0.05) is 54.1 Å². The number of amides is 3. The Balaban J connectivity index is 2.20. The third-order valence-corrected chi connectivity index (χ3v) is 4.11. The minimum Gasteiger partial charge on any atom is -0.338 e. The van der Waals surface area contributed by atoms with Crippen molar-refractivity contribution in [3.63, 3.8) is 0 Å². The number of urea groups is 1. The molecule has 25 heavy (non-hydrogen) atoms. The monoisotopic (exact) mass is 360 g/mol. The topological polar surface area (TPSA) is 74.8 Å². The number of quaternary nitrogens is 1. The molecule has 2 aromatic rings. The van der Waals surface area contributed by atoms with Crippen LogP contribution in [-0.2, 0) is 4.79 Å². The van der Waals surface area contributed by atoms with E-state index in [4.69, 9.17) is 11.6 Å². The number of rotatable bonds is 6. The quantitative estimate of drug-likeness (QED) is 0.740. The molecule has 2 rings (SSSR count). The van der Waals surface area contributed by atoms with E-state index in [1.165, 1.54) is 0 Å². The van der Waals surface area contributed by atoms with E-state index in [1.807, 2.05) is 66.8 Å². The van der Waals surface area contributed by atoms with E-state index in [9.17, 15) is 9.59 Å². The van der Waals surface area contributed by atoms with Gasteiger partial charge in [-0.25, -0.2) is 4.79 Å². The average Bonchev–Trinajstić information content (AvgIpc) is 2.60. The number of nitrogens with two attached hydrogens (primary N) is 1. The van der Waals surface area contributed by atoms with Crippen molar-refractivity contribution >= 4 is 23.5 Å². The molecule has 0 spiro atoms. The lowest BCUT2D eigenvalue weighted by Crippen LogP contribution is -2.88. The summed E-state index contributed by atoms with van der Waals surface area (Å²) < 4.78 is 0. The van der Waals surface area contributed by atoms with Crippen LogP contribution in [0, 0.1) is 0 Å². The number of halogens is 1. The molecule has 132 valence electrons. The predicted octanol–water partition coefficient (Wildman–Crippen LogP) is 2.55. The Bertz CT molecular complexity index is 722. The third-order valence-electron chi connectivity index (χ3n) is 3.87. The molecule has 0 saturated heterocycles. The minimum atomic E-state index is -0.544. The van der Waals surface area contributed by atoms with Crippen LogP contribution in [-0.4, -0.2) is 18.5 Å². The highest BCUT2D eigenvalue weighted by molar-refractivity contribution is 6.30. The van der Waals surface area contributed by atoms with Crippen molar-refractivity contribution in [2.24, 2.45) is 0 Å². The summed E-state index contributed by atoms with van der Waals surface area (Å²) in [7, 11) is 0. The zero-order valence-electron chi connectivity index (χ0n) is 14.3. The average molecular weight is 361 g/mol. The van der Waals surface area contributed by atoms with Crippen molar-refractivity contribution in [3.05, 3.63) is 70.7 Å². The summed E-state index contributed by atoms with van der Waals surface area (Å²) in [4.78, 5) is 24.3. The van der Waals surface area contributed by atoms with Gasteiger partial charge in [-0.3, -0.25) is 10.1 Å². The lowest BCUT2D eigenvalue weighted by molar-refractivity contribution is -0.719. The molecule has 2 atom stereocenters. The molecule has 0 aromatic heterocycles. The van der Waals surface area contributed by atoms with Crippen LogP contribution in [0.2, 0.25) is 5.02 Å². The second-order valence-corrected chi connectivity index (χ2v) is 6.21. The number of hydrogen-bond acceptors (Lipinski definition) is 2. The molecular formula is C19H23ClN3O2+. The molecule has 0 saturated carbocycles. The lowest BCUT2D eigenvalue weighted by Gasteiger charge is -2.20. The Morgan fingerprint density at radius 1 is 1.08 bits per heavy atom. The highest BCUT2D eigenvalue weighted by Crippen LogP contribution is 2.17. The Hall–Kier alpha value is -2.37. The van der Waals surface area contributed by atoms with Gasteiger partial charge in [0.15, 0.2) is 6.04 Å². The van der Waals surface area contributed by atoms with Crippen LogP contribution in [0.4, 0.5) is 4.79 Å². The summed E-state index contributed by atoms with van der Waals surface area (Å²) >= 11 is 6.06. The Morgan fingerprint density at radius 3 is 2.40 bits per heavy atom.